The van der Waals surface area contributed by atoms with E-state index in [4.69, 9.17) is 4.74 Å². The first-order valence-corrected chi connectivity index (χ1v) is 9.53. The number of unbranched alkanes of at least 4 members (excludes halogenated alkanes) is 1. The van der Waals surface area contributed by atoms with Gasteiger partial charge in [-0.1, -0.05) is 19.8 Å². The molecule has 0 aliphatic carbocycles. The summed E-state index contributed by atoms with van der Waals surface area (Å²) in [6.07, 6.45) is -3.54. The zero-order chi connectivity index (χ0) is 20.0. The number of esters is 1. The van der Waals surface area contributed by atoms with Gasteiger partial charge in [0.2, 0.25) is 10.0 Å². The second kappa shape index (κ2) is 9.11. The summed E-state index contributed by atoms with van der Waals surface area (Å²) in [6.45, 7) is 3.48. The van der Waals surface area contributed by atoms with Crippen LogP contribution in [0.15, 0.2) is 24.3 Å². The van der Waals surface area contributed by atoms with E-state index in [1.54, 1.807) is 6.92 Å². The topological polar surface area (TPSA) is 72.9 Å². The molecule has 1 aromatic carbocycles. The van der Waals surface area contributed by atoms with Crippen LogP contribution in [0.3, 0.4) is 0 Å². The number of ether oxygens (including phenoxy) is 2. The van der Waals surface area contributed by atoms with E-state index < -0.39 is 33.4 Å². The van der Waals surface area contributed by atoms with E-state index in [1.165, 1.54) is 19.2 Å². The molecule has 0 bridgehead atoms. The number of rotatable bonds is 9. The maximum Gasteiger partial charge on any atom is 0.573 e. The van der Waals surface area contributed by atoms with Crippen LogP contribution in [-0.4, -0.2) is 39.7 Å². The van der Waals surface area contributed by atoms with Crippen molar-refractivity contribution in [1.82, 2.24) is 0 Å². The maximum absolute atomic E-state index is 12.8. The third-order valence-corrected chi connectivity index (χ3v) is 5.67. The number of anilines is 1. The Hall–Kier alpha value is -1.97. The fourth-order valence-corrected chi connectivity index (χ4v) is 3.78. The Morgan fingerprint density at radius 2 is 1.77 bits per heavy atom. The Labute approximate surface area is 150 Å². The van der Waals surface area contributed by atoms with Gasteiger partial charge in [-0.05, 0) is 37.6 Å². The third-order valence-electron chi connectivity index (χ3n) is 3.54. The average molecular weight is 397 g/mol. The quantitative estimate of drug-likeness (QED) is 0.597. The molecule has 0 heterocycles. The van der Waals surface area contributed by atoms with Gasteiger partial charge in [-0.3, -0.25) is 9.10 Å². The molecule has 10 heteroatoms. The summed E-state index contributed by atoms with van der Waals surface area (Å²) in [5.41, 5.74) is 0.102. The van der Waals surface area contributed by atoms with Crippen LogP contribution in [-0.2, 0) is 19.6 Å². The van der Waals surface area contributed by atoms with Crippen molar-refractivity contribution in [2.45, 2.75) is 44.7 Å². The van der Waals surface area contributed by atoms with Crippen LogP contribution in [0.25, 0.3) is 0 Å². The molecular weight excluding hydrogens is 375 g/mol. The van der Waals surface area contributed by atoms with E-state index in [0.29, 0.717) is 12.8 Å². The molecule has 1 rings (SSSR count). The molecule has 1 aromatic rings. The van der Waals surface area contributed by atoms with Crippen molar-refractivity contribution in [3.63, 3.8) is 0 Å². The number of hydrogen-bond donors (Lipinski definition) is 0. The van der Waals surface area contributed by atoms with E-state index in [1.807, 2.05) is 6.92 Å². The molecule has 0 aliphatic heterocycles. The number of benzene rings is 1. The highest BCUT2D eigenvalue weighted by Crippen LogP contribution is 2.27. The summed E-state index contributed by atoms with van der Waals surface area (Å²) < 4.78 is 71.6. The first kappa shape index (κ1) is 22.1. The highest BCUT2D eigenvalue weighted by atomic mass is 32.2. The fraction of sp³-hybridized carbons (Fsp3) is 0.562. The smallest absolute Gasteiger partial charge is 0.465 e. The van der Waals surface area contributed by atoms with E-state index in [0.717, 1.165) is 16.4 Å². The lowest BCUT2D eigenvalue weighted by Crippen LogP contribution is -2.41. The molecule has 26 heavy (non-hydrogen) atoms. The number of sulfonamides is 1. The molecule has 0 aliphatic rings. The predicted octanol–water partition coefficient (Wildman–Crippen LogP) is 3.47. The summed E-state index contributed by atoms with van der Waals surface area (Å²) in [5.74, 6) is -1.32. The minimum Gasteiger partial charge on any atom is -0.465 e. The van der Waals surface area contributed by atoms with Crippen molar-refractivity contribution in [3.8, 4) is 5.75 Å². The largest absolute Gasteiger partial charge is 0.573 e. The summed E-state index contributed by atoms with van der Waals surface area (Å²) in [4.78, 5) is 12.1. The zero-order valence-corrected chi connectivity index (χ0v) is 15.6. The van der Waals surface area contributed by atoms with Crippen LogP contribution in [0.4, 0.5) is 18.9 Å². The van der Waals surface area contributed by atoms with Crippen LogP contribution in [0.5, 0.6) is 5.75 Å². The van der Waals surface area contributed by atoms with Gasteiger partial charge in [-0.25, -0.2) is 8.42 Å². The molecule has 6 nitrogen and oxygen atoms in total. The van der Waals surface area contributed by atoms with Crippen molar-refractivity contribution < 1.29 is 35.9 Å². The SMILES string of the molecule is CCCCC(C(=O)OCC)S(=O)(=O)N(C)c1ccc(OC(F)(F)F)cc1. The Bertz CT molecular complexity index is 689. The monoisotopic (exact) mass is 397 g/mol. The van der Waals surface area contributed by atoms with Crippen molar-refractivity contribution in [1.29, 1.82) is 0 Å². The molecule has 0 aromatic heterocycles. The number of carbonyl (C=O) groups is 1. The predicted molar refractivity (Wildman–Crippen MR) is 90.4 cm³/mol. The minimum atomic E-state index is -4.84. The number of alkyl halides is 3. The standard InChI is InChI=1S/C16H22F3NO5S/c1-4-6-7-14(15(21)24-5-2)26(22,23)20(3)12-8-10-13(11-9-12)25-16(17,18)19/h8-11,14H,4-7H2,1-3H3. The normalized spacial score (nSPS) is 13.2. The van der Waals surface area contributed by atoms with Crippen LogP contribution in [0.2, 0.25) is 0 Å². The highest BCUT2D eigenvalue weighted by molar-refractivity contribution is 7.94. The van der Waals surface area contributed by atoms with Crippen LogP contribution in [0, 0.1) is 0 Å². The number of carbonyl (C=O) groups excluding carboxylic acids is 1. The zero-order valence-electron chi connectivity index (χ0n) is 14.7. The molecule has 0 N–H and O–H groups in total. The van der Waals surface area contributed by atoms with Crippen molar-refractivity contribution in [2.24, 2.45) is 0 Å². The lowest BCUT2D eigenvalue weighted by Gasteiger charge is -2.25. The average Bonchev–Trinajstić information content (AvgIpc) is 2.54. The first-order chi connectivity index (χ1) is 12.0. The lowest BCUT2D eigenvalue weighted by molar-refractivity contribution is -0.274. The minimum absolute atomic E-state index is 0.0458. The molecule has 0 saturated heterocycles. The molecule has 0 spiro atoms. The van der Waals surface area contributed by atoms with Gasteiger partial charge in [-0.15, -0.1) is 13.2 Å². The second-order valence-corrected chi connectivity index (χ2v) is 7.58. The first-order valence-electron chi connectivity index (χ1n) is 8.03. The summed E-state index contributed by atoms with van der Waals surface area (Å²) in [6, 6.07) is 4.34. The fourth-order valence-electron chi connectivity index (χ4n) is 2.21. The Morgan fingerprint density at radius 1 is 1.19 bits per heavy atom. The van der Waals surface area contributed by atoms with Crippen LogP contribution in [0.1, 0.15) is 33.1 Å². The molecule has 0 fully saturated rings. The summed E-state index contributed by atoms with van der Waals surface area (Å²) in [7, 11) is -2.87. The number of nitrogens with zero attached hydrogens (tertiary/aromatic N) is 1. The van der Waals surface area contributed by atoms with Crippen molar-refractivity contribution >= 4 is 21.7 Å². The molecular formula is C16H22F3NO5S. The molecule has 1 unspecified atom stereocenters. The van der Waals surface area contributed by atoms with Gasteiger partial charge in [0.05, 0.1) is 12.3 Å². The number of halogens is 3. The number of hydrogen-bond acceptors (Lipinski definition) is 5. The highest BCUT2D eigenvalue weighted by Gasteiger charge is 2.37. The third kappa shape index (κ3) is 6.08. The van der Waals surface area contributed by atoms with Gasteiger partial charge in [-0.2, -0.15) is 0 Å². The van der Waals surface area contributed by atoms with Gasteiger partial charge in [0.25, 0.3) is 0 Å². The van der Waals surface area contributed by atoms with E-state index >= 15 is 0 Å². The summed E-state index contributed by atoms with van der Waals surface area (Å²) >= 11 is 0. The molecule has 1 atom stereocenters. The van der Waals surface area contributed by atoms with Crippen molar-refractivity contribution in [3.05, 3.63) is 24.3 Å². The van der Waals surface area contributed by atoms with Gasteiger partial charge >= 0.3 is 12.3 Å². The van der Waals surface area contributed by atoms with Crippen LogP contribution >= 0.6 is 0 Å². The van der Waals surface area contributed by atoms with Gasteiger partial charge in [0.1, 0.15) is 5.75 Å². The molecule has 148 valence electrons. The Balaban J connectivity index is 3.06. The Kier molecular flexibility index (Phi) is 7.73. The molecule has 0 amide bonds. The molecule has 0 saturated carbocycles. The van der Waals surface area contributed by atoms with E-state index in [2.05, 4.69) is 4.74 Å². The maximum atomic E-state index is 12.8. The van der Waals surface area contributed by atoms with E-state index in [-0.39, 0.29) is 18.7 Å². The van der Waals surface area contributed by atoms with Crippen molar-refractivity contribution in [2.75, 3.05) is 18.0 Å². The van der Waals surface area contributed by atoms with Gasteiger partial charge in [0, 0.05) is 7.05 Å². The van der Waals surface area contributed by atoms with Crippen LogP contribution < -0.4 is 9.04 Å². The van der Waals surface area contributed by atoms with E-state index in [9.17, 15) is 26.4 Å². The Morgan fingerprint density at radius 3 is 2.23 bits per heavy atom. The summed E-state index contributed by atoms with van der Waals surface area (Å²) in [5, 5.41) is -1.38. The van der Waals surface area contributed by atoms with Gasteiger partial charge in [0.15, 0.2) is 5.25 Å². The van der Waals surface area contributed by atoms with Gasteiger partial charge < -0.3 is 9.47 Å². The molecule has 0 radical (unpaired) electrons. The lowest BCUT2D eigenvalue weighted by atomic mass is 10.2. The second-order valence-electron chi connectivity index (χ2n) is 5.44.